The van der Waals surface area contributed by atoms with E-state index in [1.165, 1.54) is 23.9 Å². The zero-order valence-electron chi connectivity index (χ0n) is 12.0. The monoisotopic (exact) mass is 315 g/mol. The zero-order chi connectivity index (χ0) is 15.4. The van der Waals surface area contributed by atoms with Gasteiger partial charge in [-0.25, -0.2) is 9.37 Å². The number of thioether (sulfide) groups is 1. The van der Waals surface area contributed by atoms with E-state index in [-0.39, 0.29) is 5.82 Å². The lowest BCUT2D eigenvalue weighted by atomic mass is 10.2. The van der Waals surface area contributed by atoms with Gasteiger partial charge in [0.05, 0.1) is 17.6 Å². The number of hydrogen-bond donors (Lipinski definition) is 0. The fourth-order valence-corrected chi connectivity index (χ4v) is 2.63. The van der Waals surface area contributed by atoms with Crippen molar-refractivity contribution in [1.82, 2.24) is 15.0 Å². The van der Waals surface area contributed by atoms with Crippen molar-refractivity contribution >= 4 is 11.8 Å². The van der Waals surface area contributed by atoms with Gasteiger partial charge in [-0.2, -0.15) is 0 Å². The Labute approximate surface area is 131 Å². The minimum absolute atomic E-state index is 0.267. The summed E-state index contributed by atoms with van der Waals surface area (Å²) >= 11 is 1.52. The van der Waals surface area contributed by atoms with Crippen LogP contribution in [0.2, 0.25) is 0 Å². The number of nitrogens with zero attached hydrogens (tertiary/aromatic N) is 3. The quantitative estimate of drug-likeness (QED) is 0.668. The number of aromatic nitrogens is 3. The number of halogens is 1. The van der Waals surface area contributed by atoms with Crippen LogP contribution in [0.5, 0.6) is 0 Å². The van der Waals surface area contributed by atoms with Gasteiger partial charge in [-0.1, -0.05) is 11.8 Å². The molecule has 0 unspecified atom stereocenters. The van der Waals surface area contributed by atoms with E-state index in [1.54, 1.807) is 30.7 Å². The molecule has 1 aromatic carbocycles. The molecule has 0 spiro atoms. The first kappa shape index (κ1) is 14.7. The fraction of sp³-hybridized carbons (Fsp3) is 0.188. The van der Waals surface area contributed by atoms with Gasteiger partial charge in [0.15, 0.2) is 5.76 Å². The maximum absolute atomic E-state index is 12.9. The van der Waals surface area contributed by atoms with Gasteiger partial charge in [-0.05, 0) is 31.2 Å². The smallest absolute Gasteiger partial charge is 0.256 e. The van der Waals surface area contributed by atoms with Crippen LogP contribution in [-0.2, 0) is 6.42 Å². The van der Waals surface area contributed by atoms with Crippen molar-refractivity contribution in [3.63, 3.8) is 0 Å². The Morgan fingerprint density at radius 3 is 2.59 bits per heavy atom. The van der Waals surface area contributed by atoms with Crippen LogP contribution in [0.4, 0.5) is 4.39 Å². The molecule has 0 saturated heterocycles. The third-order valence-corrected chi connectivity index (χ3v) is 3.88. The Bertz CT molecular complexity index is 741. The van der Waals surface area contributed by atoms with Crippen LogP contribution in [0.1, 0.15) is 11.4 Å². The minimum Gasteiger partial charge on any atom is -0.431 e. The molecule has 22 heavy (non-hydrogen) atoms. The summed E-state index contributed by atoms with van der Waals surface area (Å²) in [5, 5.41) is 0.597. The molecule has 3 rings (SSSR count). The molecule has 0 aliphatic heterocycles. The predicted octanol–water partition coefficient (Wildman–Crippen LogP) is 3.91. The number of benzene rings is 1. The minimum atomic E-state index is -0.267. The summed E-state index contributed by atoms with van der Waals surface area (Å²) < 4.78 is 18.6. The molecule has 0 fully saturated rings. The number of hydrogen-bond acceptors (Lipinski definition) is 5. The molecule has 0 radical (unpaired) electrons. The van der Waals surface area contributed by atoms with Crippen molar-refractivity contribution in [2.75, 3.05) is 5.75 Å². The number of oxazole rings is 1. The van der Waals surface area contributed by atoms with E-state index in [4.69, 9.17) is 4.42 Å². The second-order valence-electron chi connectivity index (χ2n) is 4.74. The normalized spacial score (nSPS) is 10.8. The molecule has 0 aliphatic carbocycles. The molecule has 2 aromatic heterocycles. The average molecular weight is 315 g/mol. The second kappa shape index (κ2) is 6.70. The Kier molecular flexibility index (Phi) is 4.48. The summed E-state index contributed by atoms with van der Waals surface area (Å²) in [6.07, 6.45) is 6.00. The summed E-state index contributed by atoms with van der Waals surface area (Å²) in [6.45, 7) is 1.91. The van der Waals surface area contributed by atoms with Crippen molar-refractivity contribution < 1.29 is 8.81 Å². The van der Waals surface area contributed by atoms with E-state index in [2.05, 4.69) is 15.0 Å². The van der Waals surface area contributed by atoms with Gasteiger partial charge in [0.1, 0.15) is 5.82 Å². The van der Waals surface area contributed by atoms with Crippen LogP contribution >= 0.6 is 11.8 Å². The molecular weight excluding hydrogens is 301 g/mol. The third-order valence-electron chi connectivity index (χ3n) is 3.03. The first-order valence-corrected chi connectivity index (χ1v) is 7.81. The Morgan fingerprint density at radius 2 is 1.86 bits per heavy atom. The van der Waals surface area contributed by atoms with Gasteiger partial charge >= 0.3 is 0 Å². The molecule has 112 valence electrons. The topological polar surface area (TPSA) is 51.8 Å². The molecule has 0 atom stereocenters. The van der Waals surface area contributed by atoms with Gasteiger partial charge in [0, 0.05) is 30.1 Å². The van der Waals surface area contributed by atoms with Gasteiger partial charge < -0.3 is 4.42 Å². The number of rotatable bonds is 5. The third kappa shape index (κ3) is 3.71. The van der Waals surface area contributed by atoms with Crippen molar-refractivity contribution in [1.29, 1.82) is 0 Å². The molecule has 0 amide bonds. The average Bonchev–Trinajstić information content (AvgIpc) is 2.99. The highest BCUT2D eigenvalue weighted by Gasteiger charge is 2.07. The Balaban J connectivity index is 1.57. The number of aryl methyl sites for hydroxylation is 2. The highest BCUT2D eigenvalue weighted by atomic mass is 32.2. The fourth-order valence-electron chi connectivity index (χ4n) is 1.86. The van der Waals surface area contributed by atoms with E-state index in [1.807, 2.05) is 6.92 Å². The summed E-state index contributed by atoms with van der Waals surface area (Å²) in [4.78, 5) is 12.7. The SMILES string of the molecule is Cc1cnc(CCSc2ncc(-c3ccc(F)cc3)o2)cn1. The van der Waals surface area contributed by atoms with Crippen molar-refractivity contribution in [3.8, 4) is 11.3 Å². The molecule has 0 bridgehead atoms. The van der Waals surface area contributed by atoms with Crippen LogP contribution < -0.4 is 0 Å². The largest absolute Gasteiger partial charge is 0.431 e. The lowest BCUT2D eigenvalue weighted by Crippen LogP contribution is -1.94. The predicted molar refractivity (Wildman–Crippen MR) is 83.1 cm³/mol. The van der Waals surface area contributed by atoms with E-state index in [9.17, 15) is 4.39 Å². The van der Waals surface area contributed by atoms with E-state index in [0.29, 0.717) is 11.0 Å². The Hall–Kier alpha value is -2.21. The highest BCUT2D eigenvalue weighted by molar-refractivity contribution is 7.99. The standard InChI is InChI=1S/C16H14FN3OS/c1-11-8-19-14(9-18-11)6-7-22-16-20-10-15(21-16)12-2-4-13(17)5-3-12/h2-5,8-10H,6-7H2,1H3. The first-order chi connectivity index (χ1) is 10.7. The maximum Gasteiger partial charge on any atom is 0.256 e. The van der Waals surface area contributed by atoms with Crippen LogP contribution in [0.25, 0.3) is 11.3 Å². The summed E-state index contributed by atoms with van der Waals surface area (Å²) in [7, 11) is 0. The summed E-state index contributed by atoms with van der Waals surface area (Å²) in [5.41, 5.74) is 2.67. The van der Waals surface area contributed by atoms with E-state index < -0.39 is 0 Å². The summed E-state index contributed by atoms with van der Waals surface area (Å²) in [6, 6.07) is 6.15. The summed E-state index contributed by atoms with van der Waals surface area (Å²) in [5.74, 6) is 1.18. The molecule has 0 N–H and O–H groups in total. The Morgan fingerprint density at radius 1 is 1.05 bits per heavy atom. The molecule has 3 aromatic rings. The second-order valence-corrected chi connectivity index (χ2v) is 5.79. The van der Waals surface area contributed by atoms with Crippen molar-refractivity contribution in [3.05, 3.63) is 60.1 Å². The molecular formula is C16H14FN3OS. The molecule has 0 aliphatic rings. The lowest BCUT2D eigenvalue weighted by molar-refractivity contribution is 0.466. The van der Waals surface area contributed by atoms with Crippen LogP contribution in [0.3, 0.4) is 0 Å². The van der Waals surface area contributed by atoms with Gasteiger partial charge in [0.2, 0.25) is 0 Å². The first-order valence-electron chi connectivity index (χ1n) is 6.83. The van der Waals surface area contributed by atoms with Crippen LogP contribution in [0, 0.1) is 12.7 Å². The van der Waals surface area contributed by atoms with Crippen LogP contribution in [0.15, 0.2) is 52.5 Å². The van der Waals surface area contributed by atoms with E-state index in [0.717, 1.165) is 29.1 Å². The molecule has 6 heteroatoms. The molecule has 0 saturated carbocycles. The van der Waals surface area contributed by atoms with Gasteiger partial charge in [-0.15, -0.1) is 0 Å². The van der Waals surface area contributed by atoms with Gasteiger partial charge in [0.25, 0.3) is 5.22 Å². The van der Waals surface area contributed by atoms with Crippen LogP contribution in [-0.4, -0.2) is 20.7 Å². The molecule has 2 heterocycles. The van der Waals surface area contributed by atoms with Gasteiger partial charge in [-0.3, -0.25) is 9.97 Å². The van der Waals surface area contributed by atoms with Crippen molar-refractivity contribution in [2.45, 2.75) is 18.6 Å². The maximum atomic E-state index is 12.9. The lowest BCUT2D eigenvalue weighted by Gasteiger charge is -1.99. The van der Waals surface area contributed by atoms with Crippen molar-refractivity contribution in [2.24, 2.45) is 0 Å². The molecule has 4 nitrogen and oxygen atoms in total. The zero-order valence-corrected chi connectivity index (χ0v) is 12.8. The highest BCUT2D eigenvalue weighted by Crippen LogP contribution is 2.25. The van der Waals surface area contributed by atoms with E-state index >= 15 is 0 Å².